The number of aryl methyl sites for hydroxylation is 1. The van der Waals surface area contributed by atoms with Crippen molar-refractivity contribution in [2.45, 2.75) is 19.3 Å². The summed E-state index contributed by atoms with van der Waals surface area (Å²) in [7, 11) is 0. The number of ether oxygens (including phenoxy) is 1. The number of nitriles is 1. The second kappa shape index (κ2) is 4.41. The first kappa shape index (κ1) is 11.8. The van der Waals surface area contributed by atoms with Gasteiger partial charge < -0.3 is 9.72 Å². The Morgan fingerprint density at radius 2 is 2.39 bits per heavy atom. The minimum atomic E-state index is -0.138. The predicted octanol–water partition coefficient (Wildman–Crippen LogP) is 2.74. The molecule has 1 aliphatic heterocycles. The van der Waals surface area contributed by atoms with E-state index in [1.807, 2.05) is 0 Å². The summed E-state index contributed by atoms with van der Waals surface area (Å²) < 4.78 is 7.23. The summed E-state index contributed by atoms with van der Waals surface area (Å²) >= 11 is 4.83. The van der Waals surface area contributed by atoms with Gasteiger partial charge in [0.25, 0.3) is 5.56 Å². The van der Waals surface area contributed by atoms with Gasteiger partial charge in [0.1, 0.15) is 8.49 Å². The number of H-pyrrole nitrogens is 1. The highest BCUT2D eigenvalue weighted by Gasteiger charge is 2.22. The van der Waals surface area contributed by atoms with E-state index in [0.717, 1.165) is 39.0 Å². The van der Waals surface area contributed by atoms with Crippen molar-refractivity contribution in [3.05, 3.63) is 25.4 Å². The smallest absolute Gasteiger partial charge is 0.266 e. The number of aromatic nitrogens is 1. The van der Waals surface area contributed by atoms with Crippen LogP contribution in [0.3, 0.4) is 0 Å². The largest absolute Gasteiger partial charge is 0.491 e. The molecule has 0 bridgehead atoms. The normalized spacial score (nSPS) is 14.0. The maximum absolute atomic E-state index is 12.0. The van der Waals surface area contributed by atoms with Crippen LogP contribution in [0, 0.1) is 11.3 Å². The van der Waals surface area contributed by atoms with E-state index in [-0.39, 0.29) is 12.0 Å². The number of nitrogens with one attached hydrogen (secondary N) is 1. The Kier molecular flexibility index (Phi) is 2.88. The number of aromatic amines is 1. The topological polar surface area (TPSA) is 65.9 Å². The molecule has 2 aromatic rings. The van der Waals surface area contributed by atoms with E-state index in [9.17, 15) is 4.79 Å². The molecular formula is C12H9BrN2O2S. The number of thiophene rings is 1. The summed E-state index contributed by atoms with van der Waals surface area (Å²) in [6.07, 6.45) is 1.96. The Balaban J connectivity index is 2.44. The van der Waals surface area contributed by atoms with Crippen LogP contribution in [0.1, 0.15) is 17.7 Å². The van der Waals surface area contributed by atoms with Crippen LogP contribution in [0.4, 0.5) is 0 Å². The van der Waals surface area contributed by atoms with Crippen LogP contribution in [0.5, 0.6) is 5.75 Å². The molecular weight excluding hydrogens is 316 g/mol. The van der Waals surface area contributed by atoms with Crippen LogP contribution in [-0.4, -0.2) is 11.6 Å². The van der Waals surface area contributed by atoms with Gasteiger partial charge in [-0.3, -0.25) is 4.79 Å². The number of halogens is 1. The lowest BCUT2D eigenvalue weighted by Gasteiger charge is -2.06. The van der Waals surface area contributed by atoms with E-state index >= 15 is 0 Å². The highest BCUT2D eigenvalue weighted by Crippen LogP contribution is 2.43. The molecule has 0 fully saturated rings. The Morgan fingerprint density at radius 1 is 1.56 bits per heavy atom. The van der Waals surface area contributed by atoms with Gasteiger partial charge >= 0.3 is 0 Å². The average molecular weight is 325 g/mol. The molecule has 92 valence electrons. The fraction of sp³-hybridized carbons (Fsp3) is 0.333. The summed E-state index contributed by atoms with van der Waals surface area (Å²) in [5, 5.41) is 9.74. The van der Waals surface area contributed by atoms with E-state index in [1.165, 1.54) is 11.3 Å². The average Bonchev–Trinajstić information content (AvgIpc) is 2.56. The van der Waals surface area contributed by atoms with Crippen molar-refractivity contribution in [2.24, 2.45) is 0 Å². The molecule has 0 saturated heterocycles. The summed E-state index contributed by atoms with van der Waals surface area (Å²) in [4.78, 5) is 14.8. The lowest BCUT2D eigenvalue weighted by atomic mass is 10.0. The molecule has 0 spiro atoms. The Bertz CT molecular complexity index is 726. The van der Waals surface area contributed by atoms with Crippen LogP contribution in [0.2, 0.25) is 0 Å². The molecule has 0 atom stereocenters. The predicted molar refractivity (Wildman–Crippen MR) is 73.3 cm³/mol. The van der Waals surface area contributed by atoms with Gasteiger partial charge in [-0.2, -0.15) is 5.26 Å². The molecule has 2 aromatic heterocycles. The van der Waals surface area contributed by atoms with Crippen molar-refractivity contribution >= 4 is 37.4 Å². The monoisotopic (exact) mass is 324 g/mol. The van der Waals surface area contributed by atoms with Gasteiger partial charge in [0.05, 0.1) is 19.1 Å². The van der Waals surface area contributed by atoms with Gasteiger partial charge in [0, 0.05) is 11.1 Å². The van der Waals surface area contributed by atoms with Crippen molar-refractivity contribution in [1.29, 1.82) is 5.26 Å². The quantitative estimate of drug-likeness (QED) is 0.877. The third-order valence-electron chi connectivity index (χ3n) is 3.03. The Hall–Kier alpha value is -1.32. The molecule has 3 rings (SSSR count). The van der Waals surface area contributed by atoms with Crippen molar-refractivity contribution in [2.75, 3.05) is 6.61 Å². The van der Waals surface area contributed by atoms with E-state index < -0.39 is 0 Å². The third-order valence-corrected chi connectivity index (χ3v) is 4.84. The van der Waals surface area contributed by atoms with Gasteiger partial charge in [0.15, 0.2) is 5.75 Å². The van der Waals surface area contributed by atoms with Crippen molar-refractivity contribution in [3.63, 3.8) is 0 Å². The molecule has 18 heavy (non-hydrogen) atoms. The van der Waals surface area contributed by atoms with Crippen molar-refractivity contribution < 1.29 is 4.74 Å². The van der Waals surface area contributed by atoms with Gasteiger partial charge in [-0.1, -0.05) is 0 Å². The lowest BCUT2D eigenvalue weighted by molar-refractivity contribution is 0.319. The molecule has 0 aromatic carbocycles. The third kappa shape index (κ3) is 1.66. The van der Waals surface area contributed by atoms with Crippen LogP contribution in [0.15, 0.2) is 8.58 Å². The summed E-state index contributed by atoms with van der Waals surface area (Å²) in [5.41, 5.74) is 1.65. The summed E-state index contributed by atoms with van der Waals surface area (Å²) in [6, 6.07) is 2.10. The number of hydrogen-bond acceptors (Lipinski definition) is 4. The van der Waals surface area contributed by atoms with Crippen molar-refractivity contribution in [3.8, 4) is 11.8 Å². The standard InChI is InChI=1S/C12H9BrN2O2S/c13-11-9-8-6(2-1-5-17-9)7(3-4-14)15-12(16)10(8)18-11/h1-3,5H2,(H,15,16). The first-order chi connectivity index (χ1) is 8.72. The number of pyridine rings is 1. The Labute approximate surface area is 115 Å². The molecule has 1 aliphatic rings. The molecule has 4 nitrogen and oxygen atoms in total. The fourth-order valence-corrected chi connectivity index (χ4v) is 3.99. The van der Waals surface area contributed by atoms with Gasteiger partial charge in [-0.05, 0) is 34.3 Å². The molecule has 0 unspecified atom stereocenters. The first-order valence-electron chi connectivity index (χ1n) is 5.58. The van der Waals surface area contributed by atoms with Gasteiger partial charge in [0.2, 0.25) is 0 Å². The summed E-state index contributed by atoms with van der Waals surface area (Å²) in [5.74, 6) is 0.757. The van der Waals surface area contributed by atoms with Crippen LogP contribution < -0.4 is 10.3 Å². The molecule has 1 N–H and O–H groups in total. The van der Waals surface area contributed by atoms with Crippen LogP contribution in [0.25, 0.3) is 10.1 Å². The molecule has 0 saturated carbocycles. The Morgan fingerprint density at radius 3 is 3.17 bits per heavy atom. The zero-order valence-electron chi connectivity index (χ0n) is 9.38. The summed E-state index contributed by atoms with van der Waals surface area (Å²) in [6.45, 7) is 0.638. The molecule has 0 amide bonds. The highest BCUT2D eigenvalue weighted by molar-refractivity contribution is 9.11. The van der Waals surface area contributed by atoms with Gasteiger partial charge in [-0.25, -0.2) is 0 Å². The second-order valence-corrected chi connectivity index (χ2v) is 6.45. The molecule has 3 heterocycles. The van der Waals surface area contributed by atoms with E-state index in [4.69, 9.17) is 10.00 Å². The molecule has 0 aliphatic carbocycles. The molecule has 6 heteroatoms. The highest BCUT2D eigenvalue weighted by atomic mass is 79.9. The number of nitrogens with zero attached hydrogens (tertiary/aromatic N) is 1. The SMILES string of the molecule is N#CCc1[nH]c(=O)c2sc(Br)c3c2c1CCCO3. The van der Waals surface area contributed by atoms with Crippen LogP contribution in [-0.2, 0) is 12.8 Å². The van der Waals surface area contributed by atoms with E-state index in [1.54, 1.807) is 0 Å². The fourth-order valence-electron chi connectivity index (χ4n) is 2.30. The maximum Gasteiger partial charge on any atom is 0.266 e. The van der Waals surface area contributed by atoms with E-state index in [0.29, 0.717) is 11.3 Å². The second-order valence-electron chi connectivity index (χ2n) is 4.11. The van der Waals surface area contributed by atoms with Gasteiger partial charge in [-0.15, -0.1) is 11.3 Å². The lowest BCUT2D eigenvalue weighted by Crippen LogP contribution is -2.11. The van der Waals surface area contributed by atoms with E-state index in [2.05, 4.69) is 27.0 Å². The minimum absolute atomic E-state index is 0.138. The maximum atomic E-state index is 12.0. The first-order valence-corrected chi connectivity index (χ1v) is 7.19. The molecule has 0 radical (unpaired) electrons. The zero-order valence-corrected chi connectivity index (χ0v) is 11.8. The number of rotatable bonds is 1. The minimum Gasteiger partial charge on any atom is -0.491 e. The van der Waals surface area contributed by atoms with Crippen molar-refractivity contribution in [1.82, 2.24) is 4.98 Å². The zero-order chi connectivity index (χ0) is 12.7. The van der Waals surface area contributed by atoms with Crippen LogP contribution >= 0.6 is 27.3 Å². The number of hydrogen-bond donors (Lipinski definition) is 1.